The highest BCUT2D eigenvalue weighted by Crippen LogP contribution is 2.39. The van der Waals surface area contributed by atoms with Crippen LogP contribution >= 0.6 is 11.5 Å². The number of ether oxygens (including phenoxy) is 1. The zero-order valence-corrected chi connectivity index (χ0v) is 25.3. The Hall–Kier alpha value is -4.96. The Morgan fingerprint density at radius 2 is 1.93 bits per heavy atom. The molecule has 2 aromatic carbocycles. The number of rotatable bonds is 8. The van der Waals surface area contributed by atoms with Gasteiger partial charge >= 0.3 is 0 Å². The standard InChI is InChI=1S/C34H32N6O3S/c1-21(2)42-26-7-3-5-22(15-26)30(41)11-14-39-12-9-25(10-13-39)40-20-24(17-37-40)29-19-36-34(35)32-28(29)16-31(43-32)27-8-4-6-23-18-38-44-33(23)27/h3-8,11,14-21,25H,9-10,12-13H2,1-2H3,(H2,35,36)/b14-11+. The number of hydrogen-bond acceptors (Lipinski definition) is 9. The van der Waals surface area contributed by atoms with Crippen molar-refractivity contribution in [3.63, 3.8) is 0 Å². The second-order valence-corrected chi connectivity index (χ2v) is 12.1. The predicted molar refractivity (Wildman–Crippen MR) is 174 cm³/mol. The fourth-order valence-corrected chi connectivity index (χ4v) is 6.50. The summed E-state index contributed by atoms with van der Waals surface area (Å²) >= 11 is 1.45. The summed E-state index contributed by atoms with van der Waals surface area (Å²) in [6.07, 6.45) is 13.1. The Kier molecular flexibility index (Phi) is 7.35. The van der Waals surface area contributed by atoms with Gasteiger partial charge in [-0.25, -0.2) is 4.98 Å². The largest absolute Gasteiger partial charge is 0.491 e. The molecule has 0 radical (unpaired) electrons. The first-order valence-electron chi connectivity index (χ1n) is 14.7. The van der Waals surface area contributed by atoms with Crippen molar-refractivity contribution in [3.8, 4) is 28.2 Å². The van der Waals surface area contributed by atoms with Crippen LogP contribution in [0.5, 0.6) is 5.75 Å². The molecule has 4 aromatic heterocycles. The fourth-order valence-electron chi connectivity index (χ4n) is 5.74. The van der Waals surface area contributed by atoms with Crippen molar-refractivity contribution in [3.05, 3.63) is 91.2 Å². The van der Waals surface area contributed by atoms with E-state index in [1.54, 1.807) is 18.3 Å². The molecule has 44 heavy (non-hydrogen) atoms. The van der Waals surface area contributed by atoms with E-state index in [2.05, 4.69) is 20.5 Å². The fraction of sp³-hybridized carbons (Fsp3) is 0.235. The van der Waals surface area contributed by atoms with Crippen LogP contribution in [0, 0.1) is 0 Å². The van der Waals surface area contributed by atoms with Crippen LogP contribution in [0.4, 0.5) is 5.82 Å². The van der Waals surface area contributed by atoms with Crippen LogP contribution in [-0.4, -0.2) is 49.0 Å². The van der Waals surface area contributed by atoms with Crippen LogP contribution in [0.15, 0.2) is 90.0 Å². The van der Waals surface area contributed by atoms with E-state index in [0.717, 1.165) is 63.9 Å². The van der Waals surface area contributed by atoms with E-state index in [1.165, 1.54) is 11.5 Å². The van der Waals surface area contributed by atoms with Gasteiger partial charge in [-0.15, -0.1) is 0 Å². The average molecular weight is 605 g/mol. The van der Waals surface area contributed by atoms with E-state index in [4.69, 9.17) is 20.0 Å². The van der Waals surface area contributed by atoms with Crippen molar-refractivity contribution in [2.75, 3.05) is 18.8 Å². The molecule has 1 fully saturated rings. The molecule has 7 rings (SSSR count). The number of benzene rings is 2. The van der Waals surface area contributed by atoms with Gasteiger partial charge in [-0.1, -0.05) is 24.3 Å². The summed E-state index contributed by atoms with van der Waals surface area (Å²) in [6.45, 7) is 5.61. The van der Waals surface area contributed by atoms with Gasteiger partial charge in [-0.3, -0.25) is 9.48 Å². The van der Waals surface area contributed by atoms with E-state index in [-0.39, 0.29) is 17.9 Å². The van der Waals surface area contributed by atoms with Crippen LogP contribution in [0.25, 0.3) is 43.5 Å². The van der Waals surface area contributed by atoms with Crippen molar-refractivity contribution in [1.82, 2.24) is 24.0 Å². The van der Waals surface area contributed by atoms with Gasteiger partial charge in [-0.05, 0) is 62.5 Å². The number of carbonyl (C=O) groups excluding carboxylic acids is 1. The van der Waals surface area contributed by atoms with Crippen molar-refractivity contribution >= 4 is 44.2 Å². The number of likely N-dealkylation sites (tertiary alicyclic amines) is 1. The molecule has 0 atom stereocenters. The molecule has 1 saturated heterocycles. The predicted octanol–water partition coefficient (Wildman–Crippen LogP) is 7.37. The average Bonchev–Trinajstić information content (AvgIpc) is 3.80. The number of anilines is 1. The summed E-state index contributed by atoms with van der Waals surface area (Å²) in [5, 5.41) is 6.71. The van der Waals surface area contributed by atoms with E-state index >= 15 is 0 Å². The molecule has 0 aliphatic carbocycles. The third kappa shape index (κ3) is 5.44. The van der Waals surface area contributed by atoms with Gasteiger partial charge in [0.25, 0.3) is 0 Å². The lowest BCUT2D eigenvalue weighted by atomic mass is 10.0. The lowest BCUT2D eigenvalue weighted by Gasteiger charge is -2.31. The van der Waals surface area contributed by atoms with E-state index in [1.807, 2.05) is 79.6 Å². The summed E-state index contributed by atoms with van der Waals surface area (Å²) < 4.78 is 19.5. The minimum Gasteiger partial charge on any atom is -0.491 e. The van der Waals surface area contributed by atoms with Crippen molar-refractivity contribution in [2.45, 2.75) is 38.8 Å². The summed E-state index contributed by atoms with van der Waals surface area (Å²) in [5.41, 5.74) is 10.3. The minimum absolute atomic E-state index is 0.0346. The maximum atomic E-state index is 12.8. The molecular weight excluding hydrogens is 572 g/mol. The number of hydrogen-bond donors (Lipinski definition) is 1. The van der Waals surface area contributed by atoms with Gasteiger partial charge in [0.1, 0.15) is 11.5 Å². The number of fused-ring (bicyclic) bond motifs is 2. The van der Waals surface area contributed by atoms with E-state index in [0.29, 0.717) is 22.7 Å². The Bertz CT molecular complexity index is 2000. The van der Waals surface area contributed by atoms with Gasteiger partial charge < -0.3 is 19.8 Å². The molecule has 1 aliphatic heterocycles. The van der Waals surface area contributed by atoms with Crippen molar-refractivity contribution in [1.29, 1.82) is 0 Å². The summed E-state index contributed by atoms with van der Waals surface area (Å²) in [4.78, 5) is 19.4. The van der Waals surface area contributed by atoms with E-state index < -0.39 is 0 Å². The smallest absolute Gasteiger partial charge is 0.187 e. The van der Waals surface area contributed by atoms with Gasteiger partial charge in [0.15, 0.2) is 17.2 Å². The third-order valence-electron chi connectivity index (χ3n) is 7.95. The quantitative estimate of drug-likeness (QED) is 0.142. The highest BCUT2D eigenvalue weighted by molar-refractivity contribution is 7.13. The molecule has 222 valence electrons. The number of carbonyl (C=O) groups is 1. The number of ketones is 1. The molecule has 5 heterocycles. The molecule has 1 aliphatic rings. The Labute approximate surface area is 258 Å². The van der Waals surface area contributed by atoms with Gasteiger partial charge in [-0.2, -0.15) is 9.47 Å². The number of nitrogen functional groups attached to an aromatic ring is 1. The molecule has 0 unspecified atom stereocenters. The maximum Gasteiger partial charge on any atom is 0.187 e. The SMILES string of the molecule is CC(C)Oc1cccc(C(=O)/C=C/N2CCC(n3cc(-c4cnc(N)c5oc(-c6cccc7cnsc67)cc45)cn3)CC2)c1. The number of piperidine rings is 1. The normalized spacial score (nSPS) is 14.4. The monoisotopic (exact) mass is 604 g/mol. The van der Waals surface area contributed by atoms with Gasteiger partial charge in [0.2, 0.25) is 0 Å². The number of pyridine rings is 1. The number of nitrogens with zero attached hydrogens (tertiary/aromatic N) is 5. The molecular formula is C34H32N6O3S. The van der Waals surface area contributed by atoms with E-state index in [9.17, 15) is 4.79 Å². The number of allylic oxidation sites excluding steroid dienone is 1. The second-order valence-electron chi connectivity index (χ2n) is 11.3. The lowest BCUT2D eigenvalue weighted by Crippen LogP contribution is -2.31. The highest BCUT2D eigenvalue weighted by atomic mass is 32.1. The summed E-state index contributed by atoms with van der Waals surface area (Å²) in [7, 11) is 0. The van der Waals surface area contributed by atoms with Crippen molar-refractivity contribution in [2.24, 2.45) is 0 Å². The number of aromatic nitrogens is 4. The molecule has 9 nitrogen and oxygen atoms in total. The first-order chi connectivity index (χ1) is 21.4. The molecule has 0 bridgehead atoms. The molecule has 0 saturated carbocycles. The highest BCUT2D eigenvalue weighted by Gasteiger charge is 2.22. The van der Waals surface area contributed by atoms with Crippen LogP contribution < -0.4 is 10.5 Å². The Morgan fingerprint density at radius 3 is 2.77 bits per heavy atom. The lowest BCUT2D eigenvalue weighted by molar-refractivity contribution is 0.104. The molecule has 6 aromatic rings. The molecule has 0 amide bonds. The van der Waals surface area contributed by atoms with Crippen LogP contribution in [0.2, 0.25) is 0 Å². The maximum absolute atomic E-state index is 12.8. The first kappa shape index (κ1) is 27.8. The number of furan rings is 1. The van der Waals surface area contributed by atoms with Gasteiger partial charge in [0, 0.05) is 77.0 Å². The molecule has 10 heteroatoms. The van der Waals surface area contributed by atoms with Crippen LogP contribution in [0.1, 0.15) is 43.1 Å². The first-order valence-corrected chi connectivity index (χ1v) is 15.5. The second kappa shape index (κ2) is 11.6. The Morgan fingerprint density at radius 1 is 1.09 bits per heavy atom. The third-order valence-corrected chi connectivity index (χ3v) is 8.80. The van der Waals surface area contributed by atoms with Gasteiger partial charge in [0.05, 0.1) is 23.0 Å². The molecule has 2 N–H and O–H groups in total. The Balaban J connectivity index is 1.05. The van der Waals surface area contributed by atoms with Crippen LogP contribution in [0.3, 0.4) is 0 Å². The minimum atomic E-state index is -0.0346. The summed E-state index contributed by atoms with van der Waals surface area (Å²) in [5.74, 6) is 1.76. The van der Waals surface area contributed by atoms with Crippen LogP contribution in [-0.2, 0) is 0 Å². The number of nitrogens with two attached hydrogens (primary N) is 1. The topological polar surface area (TPSA) is 112 Å². The molecule has 0 spiro atoms. The zero-order chi connectivity index (χ0) is 30.2. The summed E-state index contributed by atoms with van der Waals surface area (Å²) in [6, 6.07) is 15.7. The van der Waals surface area contributed by atoms with Crippen molar-refractivity contribution < 1.29 is 13.9 Å². The zero-order valence-electron chi connectivity index (χ0n) is 24.5.